The largest absolute Gasteiger partial charge is 0.479 e. The Kier molecular flexibility index (Phi) is 6.47. The molecule has 156 valence electrons. The number of rotatable bonds is 7. The van der Waals surface area contributed by atoms with E-state index in [1.807, 2.05) is 11.8 Å². The van der Waals surface area contributed by atoms with Crippen molar-refractivity contribution in [1.82, 2.24) is 10.2 Å². The third-order valence-corrected chi connectivity index (χ3v) is 5.55. The number of likely N-dealkylation sites (tertiary alicyclic amines) is 1. The highest BCUT2D eigenvalue weighted by Gasteiger charge is 2.20. The Morgan fingerprint density at radius 3 is 2.76 bits per heavy atom. The van der Waals surface area contributed by atoms with E-state index in [2.05, 4.69) is 5.32 Å². The maximum absolute atomic E-state index is 12.3. The number of halogens is 1. The topological polar surface area (TPSA) is 88.8 Å². The van der Waals surface area contributed by atoms with Crippen LogP contribution in [0.5, 0.6) is 5.75 Å². The molecule has 1 N–H and O–H groups in total. The quantitative estimate of drug-likeness (QED) is 0.549. The molecule has 1 atom stereocenters. The Labute approximate surface area is 174 Å². The minimum atomic E-state index is -0.781. The number of nitrogens with zero attached hydrogens (tertiary/aromatic N) is 1. The fourth-order valence-electron chi connectivity index (χ4n) is 3.34. The van der Waals surface area contributed by atoms with E-state index < -0.39 is 11.7 Å². The maximum atomic E-state index is 12.3. The van der Waals surface area contributed by atoms with Gasteiger partial charge in [-0.3, -0.25) is 9.59 Å². The molecular weight excluding hydrogens is 396 g/mol. The number of fused-ring (bicyclic) bond motifs is 1. The van der Waals surface area contributed by atoms with Gasteiger partial charge in [-0.2, -0.15) is 0 Å². The minimum absolute atomic E-state index is 0.177. The van der Waals surface area contributed by atoms with Crippen LogP contribution in [0.1, 0.15) is 37.3 Å². The Balaban J connectivity index is 1.59. The highest BCUT2D eigenvalue weighted by Crippen LogP contribution is 2.32. The van der Waals surface area contributed by atoms with Gasteiger partial charge in [-0.15, -0.1) is 0 Å². The number of aryl methyl sites for hydroxylation is 1. The number of hydrogen-bond acceptors (Lipinski definition) is 5. The van der Waals surface area contributed by atoms with Crippen LogP contribution in [-0.4, -0.2) is 42.5 Å². The minimum Gasteiger partial charge on any atom is -0.479 e. The van der Waals surface area contributed by atoms with Crippen molar-refractivity contribution in [2.45, 2.75) is 46.1 Å². The van der Waals surface area contributed by atoms with Gasteiger partial charge in [0.1, 0.15) is 11.3 Å². The Morgan fingerprint density at radius 1 is 1.31 bits per heavy atom. The van der Waals surface area contributed by atoms with E-state index in [0.717, 1.165) is 23.9 Å². The summed E-state index contributed by atoms with van der Waals surface area (Å²) >= 11 is 6.32. The molecule has 0 bridgehead atoms. The van der Waals surface area contributed by atoms with Crippen molar-refractivity contribution in [3.05, 3.63) is 38.7 Å². The first-order chi connectivity index (χ1) is 13.8. The Bertz CT molecular complexity index is 1000. The molecule has 0 spiro atoms. The van der Waals surface area contributed by atoms with Crippen LogP contribution < -0.4 is 15.7 Å². The van der Waals surface area contributed by atoms with Gasteiger partial charge in [0, 0.05) is 43.1 Å². The van der Waals surface area contributed by atoms with E-state index in [0.29, 0.717) is 42.1 Å². The lowest BCUT2D eigenvalue weighted by atomic mass is 10.1. The summed E-state index contributed by atoms with van der Waals surface area (Å²) in [6.45, 7) is 7.04. The standard InChI is InChI=1S/C21H25ClN2O5/c1-12-13(2)21(27)29-17-11-18(16(22)10-15(12)17)28-14(3)20(26)23-7-5-9-24-8-4-6-19(24)25/h10-11,14H,4-9H2,1-3H3,(H,23,26). The third-order valence-electron chi connectivity index (χ3n) is 5.26. The summed E-state index contributed by atoms with van der Waals surface area (Å²) in [4.78, 5) is 37.6. The average molecular weight is 421 g/mol. The maximum Gasteiger partial charge on any atom is 0.339 e. The molecular formula is C21H25ClN2O5. The molecule has 1 aromatic heterocycles. The van der Waals surface area contributed by atoms with Gasteiger partial charge < -0.3 is 19.4 Å². The fourth-order valence-corrected chi connectivity index (χ4v) is 3.55. The second-order valence-corrected chi connectivity index (χ2v) is 7.71. The molecule has 7 nitrogen and oxygen atoms in total. The van der Waals surface area contributed by atoms with Crippen molar-refractivity contribution in [2.75, 3.05) is 19.6 Å². The summed E-state index contributed by atoms with van der Waals surface area (Å²) in [5, 5.41) is 3.87. The van der Waals surface area contributed by atoms with Gasteiger partial charge in [0.15, 0.2) is 6.10 Å². The lowest BCUT2D eigenvalue weighted by Gasteiger charge is -2.18. The number of nitrogens with one attached hydrogen (secondary N) is 1. The average Bonchev–Trinajstić information content (AvgIpc) is 3.09. The van der Waals surface area contributed by atoms with Gasteiger partial charge in [0.05, 0.1) is 5.02 Å². The van der Waals surface area contributed by atoms with Crippen molar-refractivity contribution in [1.29, 1.82) is 0 Å². The molecule has 1 aliphatic heterocycles. The van der Waals surface area contributed by atoms with E-state index in [1.165, 1.54) is 6.07 Å². The van der Waals surface area contributed by atoms with Crippen LogP contribution in [0.2, 0.25) is 5.02 Å². The lowest BCUT2D eigenvalue weighted by Crippen LogP contribution is -2.38. The molecule has 0 saturated carbocycles. The highest BCUT2D eigenvalue weighted by atomic mass is 35.5. The second-order valence-electron chi connectivity index (χ2n) is 7.31. The van der Waals surface area contributed by atoms with Crippen LogP contribution in [0.4, 0.5) is 0 Å². The first kappa shape index (κ1) is 21.2. The highest BCUT2D eigenvalue weighted by molar-refractivity contribution is 6.32. The van der Waals surface area contributed by atoms with Gasteiger partial charge in [0.2, 0.25) is 5.91 Å². The predicted molar refractivity (Wildman–Crippen MR) is 110 cm³/mol. The molecule has 0 radical (unpaired) electrons. The first-order valence-corrected chi connectivity index (χ1v) is 10.1. The van der Waals surface area contributed by atoms with E-state index in [-0.39, 0.29) is 17.6 Å². The van der Waals surface area contributed by atoms with E-state index in [9.17, 15) is 14.4 Å². The van der Waals surface area contributed by atoms with Gasteiger partial charge in [-0.1, -0.05) is 11.6 Å². The molecule has 3 rings (SSSR count). The molecule has 2 heterocycles. The Morgan fingerprint density at radius 2 is 2.07 bits per heavy atom. The second kappa shape index (κ2) is 8.86. The molecule has 1 aliphatic rings. The van der Waals surface area contributed by atoms with Crippen LogP contribution >= 0.6 is 11.6 Å². The van der Waals surface area contributed by atoms with Crippen LogP contribution in [0.15, 0.2) is 21.3 Å². The predicted octanol–water partition coefficient (Wildman–Crippen LogP) is 2.96. The number of amides is 2. The zero-order valence-corrected chi connectivity index (χ0v) is 17.6. The normalized spacial score (nSPS) is 15.0. The fraction of sp³-hybridized carbons (Fsp3) is 0.476. The van der Waals surface area contributed by atoms with Crippen molar-refractivity contribution in [3.8, 4) is 5.75 Å². The molecule has 8 heteroatoms. The van der Waals surface area contributed by atoms with Crippen molar-refractivity contribution < 1.29 is 18.7 Å². The van der Waals surface area contributed by atoms with Crippen LogP contribution in [-0.2, 0) is 9.59 Å². The van der Waals surface area contributed by atoms with Crippen molar-refractivity contribution in [3.63, 3.8) is 0 Å². The summed E-state index contributed by atoms with van der Waals surface area (Å²) in [7, 11) is 0. The monoisotopic (exact) mass is 420 g/mol. The van der Waals surface area contributed by atoms with Gasteiger partial charge in [-0.05, 0) is 45.2 Å². The summed E-state index contributed by atoms with van der Waals surface area (Å²) in [6.07, 6.45) is 1.42. The molecule has 1 aromatic carbocycles. The van der Waals surface area contributed by atoms with Crippen LogP contribution in [0.25, 0.3) is 11.0 Å². The number of hydrogen-bond donors (Lipinski definition) is 1. The van der Waals surface area contributed by atoms with E-state index in [1.54, 1.807) is 19.9 Å². The summed E-state index contributed by atoms with van der Waals surface area (Å²) in [5.41, 5.74) is 1.28. The molecule has 2 amide bonds. The molecule has 1 fully saturated rings. The molecule has 1 saturated heterocycles. The summed E-state index contributed by atoms with van der Waals surface area (Å²) in [6, 6.07) is 3.21. The van der Waals surface area contributed by atoms with E-state index in [4.69, 9.17) is 20.8 Å². The van der Waals surface area contributed by atoms with Crippen molar-refractivity contribution in [2.24, 2.45) is 0 Å². The summed E-state index contributed by atoms with van der Waals surface area (Å²) < 4.78 is 11.0. The van der Waals surface area contributed by atoms with Gasteiger partial charge in [-0.25, -0.2) is 4.79 Å². The van der Waals surface area contributed by atoms with Gasteiger partial charge in [0.25, 0.3) is 5.91 Å². The molecule has 1 unspecified atom stereocenters. The molecule has 2 aromatic rings. The van der Waals surface area contributed by atoms with Crippen LogP contribution in [0.3, 0.4) is 0 Å². The van der Waals surface area contributed by atoms with Gasteiger partial charge >= 0.3 is 5.63 Å². The first-order valence-electron chi connectivity index (χ1n) is 9.73. The number of benzene rings is 1. The molecule has 29 heavy (non-hydrogen) atoms. The van der Waals surface area contributed by atoms with Crippen LogP contribution in [0, 0.1) is 13.8 Å². The zero-order chi connectivity index (χ0) is 21.1. The third kappa shape index (κ3) is 4.72. The smallest absolute Gasteiger partial charge is 0.339 e. The Hall–Kier alpha value is -2.54. The number of ether oxygens (including phenoxy) is 1. The number of carbonyl (C=O) groups excluding carboxylic acids is 2. The number of carbonyl (C=O) groups is 2. The molecule has 0 aliphatic carbocycles. The lowest BCUT2D eigenvalue weighted by molar-refractivity contribution is -0.127. The zero-order valence-electron chi connectivity index (χ0n) is 16.8. The van der Waals surface area contributed by atoms with E-state index >= 15 is 0 Å². The SMILES string of the molecule is Cc1c(C)c2cc(Cl)c(OC(C)C(=O)NCCCN3CCCC3=O)cc2oc1=O. The summed E-state index contributed by atoms with van der Waals surface area (Å²) in [5.74, 6) is 0.169. The van der Waals surface area contributed by atoms with Crippen molar-refractivity contribution >= 4 is 34.4 Å².